The molecule has 3 aromatic rings. The molecule has 0 aliphatic carbocycles. The Morgan fingerprint density at radius 2 is 1.86 bits per heavy atom. The molecule has 1 N–H and O–H groups in total. The first-order valence-corrected chi connectivity index (χ1v) is 11.0. The Hall–Kier alpha value is -2.57. The van der Waals surface area contributed by atoms with Gasteiger partial charge in [-0.15, -0.1) is 11.3 Å². The summed E-state index contributed by atoms with van der Waals surface area (Å²) in [4.78, 5) is 6.88. The van der Waals surface area contributed by atoms with E-state index in [0.29, 0.717) is 11.7 Å². The van der Waals surface area contributed by atoms with E-state index < -0.39 is 0 Å². The van der Waals surface area contributed by atoms with Crippen LogP contribution in [0.5, 0.6) is 0 Å². The second-order valence-corrected chi connectivity index (χ2v) is 8.17. The van der Waals surface area contributed by atoms with Crippen molar-refractivity contribution in [2.24, 2.45) is 5.10 Å². The third-order valence-corrected chi connectivity index (χ3v) is 5.86. The number of benzene rings is 2. The van der Waals surface area contributed by atoms with E-state index in [0.717, 1.165) is 35.5 Å². The summed E-state index contributed by atoms with van der Waals surface area (Å²) in [6.45, 7) is 2.81. The molecule has 0 saturated carbocycles. The summed E-state index contributed by atoms with van der Waals surface area (Å²) in [5.74, 6) is -0.168. The van der Waals surface area contributed by atoms with Crippen LogP contribution in [-0.4, -0.2) is 29.2 Å². The smallest absolute Gasteiger partial charge is 0.203 e. The van der Waals surface area contributed by atoms with Gasteiger partial charge in [0.1, 0.15) is 5.82 Å². The lowest BCUT2D eigenvalue weighted by molar-refractivity contribution is 0.273. The number of hydrogen-bond donors (Lipinski definition) is 1. The zero-order chi connectivity index (χ0) is 19.9. The third-order valence-electron chi connectivity index (χ3n) is 5.12. The summed E-state index contributed by atoms with van der Waals surface area (Å²) in [7, 11) is 0. The number of rotatable bonds is 6. The van der Waals surface area contributed by atoms with Crippen LogP contribution >= 0.6 is 11.3 Å². The minimum Gasteiger partial charge on any atom is -0.299 e. The lowest BCUT2D eigenvalue weighted by atomic mass is 10.1. The Morgan fingerprint density at radius 3 is 2.62 bits per heavy atom. The van der Waals surface area contributed by atoms with E-state index in [9.17, 15) is 4.39 Å². The van der Waals surface area contributed by atoms with Crippen LogP contribution in [0.4, 0.5) is 9.52 Å². The predicted octanol–water partition coefficient (Wildman–Crippen LogP) is 5.77. The van der Waals surface area contributed by atoms with Gasteiger partial charge in [0.25, 0.3) is 0 Å². The number of nitrogens with one attached hydrogen (secondary N) is 1. The fourth-order valence-electron chi connectivity index (χ4n) is 3.54. The van der Waals surface area contributed by atoms with Crippen LogP contribution in [0.15, 0.2) is 59.0 Å². The first-order valence-electron chi connectivity index (χ1n) is 10.1. The van der Waals surface area contributed by atoms with Gasteiger partial charge < -0.3 is 0 Å². The predicted molar refractivity (Wildman–Crippen MR) is 119 cm³/mol. The van der Waals surface area contributed by atoms with Crippen molar-refractivity contribution in [3.05, 3.63) is 70.9 Å². The molecule has 0 spiro atoms. The fraction of sp³-hybridized carbons (Fsp3) is 0.304. The van der Waals surface area contributed by atoms with Crippen LogP contribution in [0.1, 0.15) is 36.8 Å². The van der Waals surface area contributed by atoms with E-state index in [1.54, 1.807) is 12.3 Å². The lowest BCUT2D eigenvalue weighted by Gasteiger charge is -2.20. The van der Waals surface area contributed by atoms with Crippen molar-refractivity contribution in [1.29, 1.82) is 0 Å². The molecule has 0 atom stereocenters. The molecule has 2 heterocycles. The third kappa shape index (κ3) is 5.49. The largest absolute Gasteiger partial charge is 0.299 e. The van der Waals surface area contributed by atoms with Gasteiger partial charge in [-0.1, -0.05) is 55.3 Å². The highest BCUT2D eigenvalue weighted by atomic mass is 32.1. The average Bonchev–Trinajstić information content (AvgIpc) is 3.06. The van der Waals surface area contributed by atoms with Crippen molar-refractivity contribution in [2.45, 2.75) is 32.2 Å². The van der Waals surface area contributed by atoms with Crippen LogP contribution in [0.3, 0.4) is 0 Å². The number of aromatic nitrogens is 1. The van der Waals surface area contributed by atoms with Gasteiger partial charge in [0.15, 0.2) is 0 Å². The molecular weight excluding hydrogens is 383 g/mol. The van der Waals surface area contributed by atoms with E-state index >= 15 is 0 Å². The Balaban J connectivity index is 1.35. The van der Waals surface area contributed by atoms with Crippen LogP contribution in [-0.2, 0) is 6.54 Å². The average molecular weight is 409 g/mol. The number of thiazole rings is 1. The topological polar surface area (TPSA) is 40.5 Å². The molecule has 4 rings (SSSR count). The summed E-state index contributed by atoms with van der Waals surface area (Å²) in [6.07, 6.45) is 6.62. The number of likely N-dealkylation sites (tertiary alicyclic amines) is 1. The molecule has 29 heavy (non-hydrogen) atoms. The second-order valence-electron chi connectivity index (χ2n) is 7.32. The highest BCUT2D eigenvalue weighted by Crippen LogP contribution is 2.24. The van der Waals surface area contributed by atoms with Crippen molar-refractivity contribution >= 4 is 22.7 Å². The first-order chi connectivity index (χ1) is 14.3. The Kier molecular flexibility index (Phi) is 6.64. The Morgan fingerprint density at radius 1 is 1.07 bits per heavy atom. The van der Waals surface area contributed by atoms with Crippen molar-refractivity contribution in [3.63, 3.8) is 0 Å². The lowest BCUT2D eigenvalue weighted by Crippen LogP contribution is -2.24. The monoisotopic (exact) mass is 408 g/mol. The number of hydrogen-bond acceptors (Lipinski definition) is 5. The highest BCUT2D eigenvalue weighted by Gasteiger charge is 2.12. The molecule has 4 nitrogen and oxygen atoms in total. The fourth-order valence-corrected chi connectivity index (χ4v) is 4.20. The van der Waals surface area contributed by atoms with Gasteiger partial charge in [0, 0.05) is 23.1 Å². The first kappa shape index (κ1) is 19.7. The maximum Gasteiger partial charge on any atom is 0.203 e. The highest BCUT2D eigenvalue weighted by molar-refractivity contribution is 7.14. The quantitative estimate of drug-likeness (QED) is 0.416. The summed E-state index contributed by atoms with van der Waals surface area (Å²) in [5.41, 5.74) is 6.41. The summed E-state index contributed by atoms with van der Waals surface area (Å²) >= 11 is 1.49. The van der Waals surface area contributed by atoms with Crippen molar-refractivity contribution in [2.75, 3.05) is 18.5 Å². The Labute approximate surface area is 175 Å². The number of anilines is 1. The Bertz CT molecular complexity index is 947. The van der Waals surface area contributed by atoms with E-state index in [4.69, 9.17) is 0 Å². The molecule has 0 bridgehead atoms. The molecular formula is C23H25FN4S. The maximum atomic E-state index is 14.5. The molecule has 1 aliphatic rings. The minimum atomic E-state index is -0.168. The molecule has 1 aliphatic heterocycles. The molecule has 150 valence electrons. The maximum absolute atomic E-state index is 14.5. The van der Waals surface area contributed by atoms with Gasteiger partial charge in [-0.25, -0.2) is 9.37 Å². The van der Waals surface area contributed by atoms with Gasteiger partial charge in [-0.05, 0) is 37.6 Å². The molecule has 1 fully saturated rings. The van der Waals surface area contributed by atoms with E-state index in [1.807, 2.05) is 47.8 Å². The van der Waals surface area contributed by atoms with Crippen LogP contribution in [0.2, 0.25) is 0 Å². The van der Waals surface area contributed by atoms with Gasteiger partial charge >= 0.3 is 0 Å². The SMILES string of the molecule is Fc1cc(C=NNc2nc(-c3ccccc3)cs2)ccc1CN1CCCCCC1. The van der Waals surface area contributed by atoms with Crippen LogP contribution in [0, 0.1) is 5.82 Å². The van der Waals surface area contributed by atoms with Gasteiger partial charge in [0.05, 0.1) is 11.9 Å². The van der Waals surface area contributed by atoms with Gasteiger partial charge in [-0.3, -0.25) is 10.3 Å². The minimum absolute atomic E-state index is 0.168. The zero-order valence-corrected chi connectivity index (χ0v) is 17.2. The van der Waals surface area contributed by atoms with Gasteiger partial charge in [0.2, 0.25) is 5.13 Å². The van der Waals surface area contributed by atoms with Crippen LogP contribution in [0.25, 0.3) is 11.3 Å². The number of nitrogens with zero attached hydrogens (tertiary/aromatic N) is 3. The second kappa shape index (κ2) is 9.76. The molecule has 1 saturated heterocycles. The zero-order valence-electron chi connectivity index (χ0n) is 16.4. The van der Waals surface area contributed by atoms with E-state index in [-0.39, 0.29) is 5.82 Å². The van der Waals surface area contributed by atoms with E-state index in [2.05, 4.69) is 20.4 Å². The summed E-state index contributed by atoms with van der Waals surface area (Å²) < 4.78 is 14.5. The molecule has 0 amide bonds. The van der Waals surface area contributed by atoms with Crippen LogP contribution < -0.4 is 5.43 Å². The summed E-state index contributed by atoms with van der Waals surface area (Å²) in [5, 5.41) is 6.91. The van der Waals surface area contributed by atoms with E-state index in [1.165, 1.54) is 37.0 Å². The molecule has 0 unspecified atom stereocenters. The number of hydrazone groups is 1. The van der Waals surface area contributed by atoms with Crippen molar-refractivity contribution in [1.82, 2.24) is 9.88 Å². The van der Waals surface area contributed by atoms with Crippen molar-refractivity contribution < 1.29 is 4.39 Å². The number of halogens is 1. The molecule has 2 aromatic carbocycles. The molecule has 6 heteroatoms. The standard InChI is InChI=1S/C23H25FN4S/c24-21-14-18(10-11-20(21)16-28-12-6-1-2-7-13-28)15-25-27-23-26-22(17-29-23)19-8-4-3-5-9-19/h3-5,8-11,14-15,17H,1-2,6-7,12-13,16H2,(H,26,27). The van der Waals surface area contributed by atoms with Crippen molar-refractivity contribution in [3.8, 4) is 11.3 Å². The summed E-state index contributed by atoms with van der Waals surface area (Å²) in [6, 6.07) is 15.4. The molecule has 0 radical (unpaired) electrons. The molecule has 1 aromatic heterocycles. The van der Waals surface area contributed by atoms with Gasteiger partial charge in [-0.2, -0.15) is 5.10 Å². The normalized spacial score (nSPS) is 15.5.